The topological polar surface area (TPSA) is 117 Å². The predicted molar refractivity (Wildman–Crippen MR) is 137 cm³/mol. The summed E-state index contributed by atoms with van der Waals surface area (Å²) in [5.41, 5.74) is 4.66. The van der Waals surface area contributed by atoms with E-state index in [-0.39, 0.29) is 2.85 Å². The number of pyridine rings is 1. The fourth-order valence-electron chi connectivity index (χ4n) is 3.95. The number of benzene rings is 1. The van der Waals surface area contributed by atoms with Crippen LogP contribution in [0.3, 0.4) is 0 Å². The van der Waals surface area contributed by atoms with Gasteiger partial charge in [-0.3, -0.25) is 9.97 Å². The minimum absolute atomic E-state index is 0. The van der Waals surface area contributed by atoms with Crippen LogP contribution < -0.4 is 10.2 Å². The standard InChI is InChI=1S/C26H26N8O.2H2/c1-17-23(31-21(15-30-17)19-8-9-29-22(14-19)26(2,3)16-27)25-33-32-24(35-25)18-4-6-20(7-5-18)34-12-10-28-11-13-34;;/h4-9,14-15,28H,10-13H2,1-3H3;2*1H. The Morgan fingerprint density at radius 2 is 1.77 bits per heavy atom. The summed E-state index contributed by atoms with van der Waals surface area (Å²) in [5, 5.41) is 21.3. The van der Waals surface area contributed by atoms with Crippen LogP contribution in [0.25, 0.3) is 34.3 Å². The lowest BCUT2D eigenvalue weighted by molar-refractivity contribution is 0.580. The Labute approximate surface area is 206 Å². The summed E-state index contributed by atoms with van der Waals surface area (Å²) in [7, 11) is 0. The lowest BCUT2D eigenvalue weighted by Crippen LogP contribution is -2.43. The Hall–Kier alpha value is -4.16. The van der Waals surface area contributed by atoms with E-state index in [1.807, 2.05) is 45.0 Å². The van der Waals surface area contributed by atoms with Crippen molar-refractivity contribution in [1.29, 1.82) is 5.26 Å². The molecule has 9 nitrogen and oxygen atoms in total. The smallest absolute Gasteiger partial charge is 0.268 e. The number of aromatic nitrogens is 5. The van der Waals surface area contributed by atoms with Crippen LogP contribution in [0, 0.1) is 18.3 Å². The molecule has 0 amide bonds. The molecule has 0 bridgehead atoms. The molecule has 4 heterocycles. The van der Waals surface area contributed by atoms with Gasteiger partial charge in [0.2, 0.25) is 5.89 Å². The van der Waals surface area contributed by atoms with Gasteiger partial charge in [0.1, 0.15) is 5.69 Å². The summed E-state index contributed by atoms with van der Waals surface area (Å²) < 4.78 is 6.00. The summed E-state index contributed by atoms with van der Waals surface area (Å²) in [6.45, 7) is 9.49. The third-order valence-corrected chi connectivity index (χ3v) is 6.15. The van der Waals surface area contributed by atoms with E-state index in [0.717, 1.165) is 37.3 Å². The Bertz CT molecular complexity index is 1390. The normalized spacial score (nSPS) is 14.1. The number of piperazine rings is 1. The highest BCUT2D eigenvalue weighted by atomic mass is 16.4. The maximum atomic E-state index is 9.47. The van der Waals surface area contributed by atoms with Crippen molar-refractivity contribution in [2.45, 2.75) is 26.2 Å². The van der Waals surface area contributed by atoms with Crippen molar-refractivity contribution in [2.24, 2.45) is 0 Å². The second-order valence-electron chi connectivity index (χ2n) is 9.05. The monoisotopic (exact) mass is 470 g/mol. The van der Waals surface area contributed by atoms with E-state index in [9.17, 15) is 5.26 Å². The van der Waals surface area contributed by atoms with E-state index < -0.39 is 5.41 Å². The van der Waals surface area contributed by atoms with E-state index >= 15 is 0 Å². The maximum absolute atomic E-state index is 9.47. The van der Waals surface area contributed by atoms with E-state index in [1.54, 1.807) is 12.4 Å². The van der Waals surface area contributed by atoms with E-state index in [1.165, 1.54) is 5.69 Å². The number of rotatable bonds is 5. The van der Waals surface area contributed by atoms with Gasteiger partial charge in [-0.05, 0) is 57.2 Å². The Balaban J connectivity index is 0.00000190. The molecule has 0 atom stereocenters. The summed E-state index contributed by atoms with van der Waals surface area (Å²) in [4.78, 5) is 16.0. The minimum atomic E-state index is -0.710. The molecular formula is C26H30N8O. The molecule has 1 N–H and O–H groups in total. The van der Waals surface area contributed by atoms with Crippen LogP contribution in [0.4, 0.5) is 5.69 Å². The first-order chi connectivity index (χ1) is 16.9. The molecule has 1 saturated heterocycles. The van der Waals surface area contributed by atoms with Gasteiger partial charge in [-0.2, -0.15) is 5.26 Å². The molecule has 0 radical (unpaired) electrons. The van der Waals surface area contributed by atoms with Crippen molar-refractivity contribution in [2.75, 3.05) is 31.1 Å². The Morgan fingerprint density at radius 1 is 1.03 bits per heavy atom. The van der Waals surface area contributed by atoms with Crippen molar-refractivity contribution in [1.82, 2.24) is 30.5 Å². The lowest BCUT2D eigenvalue weighted by Gasteiger charge is -2.29. The van der Waals surface area contributed by atoms with Crippen LogP contribution in [0.2, 0.25) is 0 Å². The largest absolute Gasteiger partial charge is 0.415 e. The summed E-state index contributed by atoms with van der Waals surface area (Å²) in [6.07, 6.45) is 3.38. The first kappa shape index (κ1) is 22.6. The van der Waals surface area contributed by atoms with Crippen LogP contribution in [0.1, 0.15) is 28.1 Å². The van der Waals surface area contributed by atoms with Gasteiger partial charge in [-0.1, -0.05) is 0 Å². The molecule has 3 aromatic heterocycles. The fraction of sp³-hybridized carbons (Fsp3) is 0.308. The molecule has 0 spiro atoms. The zero-order chi connectivity index (χ0) is 24.4. The number of nitriles is 1. The zero-order valence-corrected chi connectivity index (χ0v) is 20.0. The number of aryl methyl sites for hydroxylation is 1. The molecule has 1 aliphatic heterocycles. The summed E-state index contributed by atoms with van der Waals surface area (Å²) in [5.74, 6) is 0.741. The van der Waals surface area contributed by atoms with Crippen LogP contribution in [-0.2, 0) is 5.41 Å². The summed E-state index contributed by atoms with van der Waals surface area (Å²) >= 11 is 0. The van der Waals surface area contributed by atoms with Gasteiger partial charge in [0.05, 0.1) is 34.8 Å². The number of nitrogens with one attached hydrogen (secondary N) is 1. The number of hydrogen-bond acceptors (Lipinski definition) is 9. The molecule has 1 fully saturated rings. The molecule has 0 aliphatic carbocycles. The van der Waals surface area contributed by atoms with Crippen LogP contribution in [0.15, 0.2) is 53.2 Å². The van der Waals surface area contributed by atoms with Gasteiger partial charge in [0, 0.05) is 52.0 Å². The van der Waals surface area contributed by atoms with Gasteiger partial charge in [0.15, 0.2) is 0 Å². The molecule has 5 rings (SSSR count). The molecule has 4 aromatic rings. The minimum Gasteiger partial charge on any atom is -0.415 e. The Morgan fingerprint density at radius 3 is 2.51 bits per heavy atom. The molecule has 1 aromatic carbocycles. The molecule has 9 heteroatoms. The molecular weight excluding hydrogens is 440 g/mol. The first-order valence-corrected chi connectivity index (χ1v) is 11.6. The third-order valence-electron chi connectivity index (χ3n) is 6.15. The van der Waals surface area contributed by atoms with Gasteiger partial charge >= 0.3 is 0 Å². The first-order valence-electron chi connectivity index (χ1n) is 11.6. The van der Waals surface area contributed by atoms with Crippen LogP contribution in [-0.4, -0.2) is 51.3 Å². The van der Waals surface area contributed by atoms with Gasteiger partial charge in [-0.25, -0.2) is 4.98 Å². The summed E-state index contributed by atoms with van der Waals surface area (Å²) in [6, 6.07) is 14.2. The molecule has 35 heavy (non-hydrogen) atoms. The van der Waals surface area contributed by atoms with Crippen molar-refractivity contribution in [3.05, 3.63) is 60.2 Å². The molecule has 1 aliphatic rings. The second kappa shape index (κ2) is 9.24. The fourth-order valence-corrected chi connectivity index (χ4v) is 3.95. The van der Waals surface area contributed by atoms with Crippen molar-refractivity contribution in [3.8, 4) is 40.4 Å². The average Bonchev–Trinajstić information content (AvgIpc) is 3.40. The van der Waals surface area contributed by atoms with Gasteiger partial charge in [0.25, 0.3) is 5.89 Å². The van der Waals surface area contributed by atoms with Crippen molar-refractivity contribution >= 4 is 5.69 Å². The molecule has 0 unspecified atom stereocenters. The second-order valence-corrected chi connectivity index (χ2v) is 9.05. The predicted octanol–water partition coefficient (Wildman–Crippen LogP) is 4.27. The van der Waals surface area contributed by atoms with E-state index in [0.29, 0.717) is 34.6 Å². The average molecular weight is 471 g/mol. The quantitative estimate of drug-likeness (QED) is 0.456. The van der Waals surface area contributed by atoms with Gasteiger partial charge < -0.3 is 14.6 Å². The number of anilines is 1. The van der Waals surface area contributed by atoms with Crippen LogP contribution >= 0.6 is 0 Å². The zero-order valence-electron chi connectivity index (χ0n) is 20.0. The lowest BCUT2D eigenvalue weighted by atomic mass is 9.90. The molecule has 0 saturated carbocycles. The highest BCUT2D eigenvalue weighted by Crippen LogP contribution is 2.29. The van der Waals surface area contributed by atoms with Crippen molar-refractivity contribution in [3.63, 3.8) is 0 Å². The highest BCUT2D eigenvalue weighted by Gasteiger charge is 2.23. The van der Waals surface area contributed by atoms with Crippen LogP contribution in [0.5, 0.6) is 0 Å². The van der Waals surface area contributed by atoms with Gasteiger partial charge in [-0.15, -0.1) is 10.2 Å². The Kier molecular flexibility index (Phi) is 5.97. The van der Waals surface area contributed by atoms with Crippen molar-refractivity contribution < 1.29 is 7.27 Å². The van der Waals surface area contributed by atoms with E-state index in [2.05, 4.69) is 48.6 Å². The van der Waals surface area contributed by atoms with E-state index in [4.69, 9.17) is 9.40 Å². The molecule has 180 valence electrons. The SMILES string of the molecule is Cc1ncc(-c2ccnc(C(C)(C)C#N)c2)nc1-c1nnc(-c2ccc(N3CCNCC3)cc2)o1.[HH].[HH]. The number of hydrogen-bond donors (Lipinski definition) is 1. The maximum Gasteiger partial charge on any atom is 0.268 e. The third kappa shape index (κ3) is 4.61. The number of nitrogens with zero attached hydrogens (tertiary/aromatic N) is 7. The highest BCUT2D eigenvalue weighted by molar-refractivity contribution is 5.64.